The molecule has 8 heteroatoms. The van der Waals surface area contributed by atoms with E-state index in [0.717, 1.165) is 17.5 Å². The van der Waals surface area contributed by atoms with Crippen molar-refractivity contribution in [3.63, 3.8) is 0 Å². The van der Waals surface area contributed by atoms with Crippen LogP contribution in [0.5, 0.6) is 5.75 Å². The molecule has 1 heterocycles. The zero-order valence-electron chi connectivity index (χ0n) is 17.2. The van der Waals surface area contributed by atoms with Crippen LogP contribution in [0.2, 0.25) is 0 Å². The Labute approximate surface area is 174 Å². The topological polar surface area (TPSA) is 94.4 Å². The van der Waals surface area contributed by atoms with Crippen LogP contribution in [0.4, 0.5) is 0 Å². The second-order valence-electron chi connectivity index (χ2n) is 6.78. The molecule has 30 heavy (non-hydrogen) atoms. The summed E-state index contributed by atoms with van der Waals surface area (Å²) in [6, 6.07) is 14.2. The first-order valence-corrected chi connectivity index (χ1v) is 10.0. The minimum Gasteiger partial charge on any atom is -0.494 e. The van der Waals surface area contributed by atoms with Crippen LogP contribution in [0.3, 0.4) is 0 Å². The first-order chi connectivity index (χ1) is 14.5. The Morgan fingerprint density at radius 1 is 0.900 bits per heavy atom. The van der Waals surface area contributed by atoms with Crippen LogP contribution >= 0.6 is 0 Å². The van der Waals surface area contributed by atoms with E-state index in [1.807, 2.05) is 38.1 Å². The molecule has 0 aliphatic carbocycles. The molecular weight excluding hydrogens is 384 g/mol. The fraction of sp³-hybridized carbons (Fsp3) is 0.318. The number of imidazole rings is 1. The molecule has 0 aliphatic heterocycles. The minimum atomic E-state index is -0.428. The maximum Gasteiger partial charge on any atom is 0.329 e. The number of hydrogen-bond donors (Lipinski definition) is 2. The molecule has 2 N–H and O–H groups in total. The number of hydrazine groups is 1. The van der Waals surface area contributed by atoms with Gasteiger partial charge in [0.1, 0.15) is 5.75 Å². The van der Waals surface area contributed by atoms with Crippen LogP contribution in [0.25, 0.3) is 11.0 Å². The van der Waals surface area contributed by atoms with Gasteiger partial charge in [-0.1, -0.05) is 19.1 Å². The molecule has 0 spiro atoms. The largest absolute Gasteiger partial charge is 0.494 e. The van der Waals surface area contributed by atoms with Crippen molar-refractivity contribution in [2.24, 2.45) is 0 Å². The van der Waals surface area contributed by atoms with E-state index < -0.39 is 5.91 Å². The van der Waals surface area contributed by atoms with Gasteiger partial charge in [0.15, 0.2) is 0 Å². The van der Waals surface area contributed by atoms with Gasteiger partial charge in [-0.25, -0.2) is 4.79 Å². The number of ether oxygens (including phenoxy) is 1. The van der Waals surface area contributed by atoms with E-state index in [9.17, 15) is 14.4 Å². The highest BCUT2D eigenvalue weighted by Gasteiger charge is 2.14. The molecule has 0 atom stereocenters. The Balaban J connectivity index is 1.59. The molecule has 0 aliphatic rings. The number of rotatable bonds is 8. The first kappa shape index (κ1) is 21.2. The monoisotopic (exact) mass is 410 g/mol. The number of benzene rings is 2. The Morgan fingerprint density at radius 3 is 2.13 bits per heavy atom. The lowest BCUT2D eigenvalue weighted by atomic mass is 10.2. The molecule has 8 nitrogen and oxygen atoms in total. The highest BCUT2D eigenvalue weighted by molar-refractivity contribution is 5.95. The third-order valence-electron chi connectivity index (χ3n) is 4.68. The number of hydrogen-bond acceptors (Lipinski definition) is 4. The van der Waals surface area contributed by atoms with Crippen molar-refractivity contribution in [3.8, 4) is 5.75 Å². The third-order valence-corrected chi connectivity index (χ3v) is 4.68. The Morgan fingerprint density at radius 2 is 1.53 bits per heavy atom. The van der Waals surface area contributed by atoms with Gasteiger partial charge in [0.25, 0.3) is 5.91 Å². The fourth-order valence-electron chi connectivity index (χ4n) is 3.27. The Kier molecular flexibility index (Phi) is 6.90. The van der Waals surface area contributed by atoms with Crippen molar-refractivity contribution in [1.29, 1.82) is 0 Å². The molecule has 2 amide bonds. The standard InChI is InChI=1S/C22H26N4O4/c1-3-14-25-18-7-5-6-8-19(18)26(22(25)29)15-13-20(27)23-24-21(28)16-9-11-17(12-10-16)30-4-2/h5-12H,3-4,13-15H2,1-2H3,(H,23,27)(H,24,28). The molecule has 158 valence electrons. The van der Waals surface area contributed by atoms with Crippen molar-refractivity contribution in [2.75, 3.05) is 6.61 Å². The molecule has 0 bridgehead atoms. The summed E-state index contributed by atoms with van der Waals surface area (Å²) in [6.07, 6.45) is 0.898. The molecule has 0 saturated heterocycles. The van der Waals surface area contributed by atoms with Gasteiger partial charge in [-0.3, -0.25) is 29.6 Å². The molecule has 0 saturated carbocycles. The molecule has 0 fully saturated rings. The smallest absolute Gasteiger partial charge is 0.329 e. The zero-order chi connectivity index (χ0) is 21.5. The average Bonchev–Trinajstić information content (AvgIpc) is 3.02. The summed E-state index contributed by atoms with van der Waals surface area (Å²) in [5.74, 6) is -0.137. The summed E-state index contributed by atoms with van der Waals surface area (Å²) in [5, 5.41) is 0. The average molecular weight is 410 g/mol. The van der Waals surface area contributed by atoms with Crippen molar-refractivity contribution in [2.45, 2.75) is 39.8 Å². The summed E-state index contributed by atoms with van der Waals surface area (Å²) in [7, 11) is 0. The number of fused-ring (bicyclic) bond motifs is 1. The molecule has 2 aromatic carbocycles. The maximum absolute atomic E-state index is 12.7. The van der Waals surface area contributed by atoms with Gasteiger partial charge in [0, 0.05) is 25.1 Å². The fourth-order valence-corrected chi connectivity index (χ4v) is 3.27. The van der Waals surface area contributed by atoms with Gasteiger partial charge in [-0.2, -0.15) is 0 Å². The summed E-state index contributed by atoms with van der Waals surface area (Å²) < 4.78 is 8.66. The highest BCUT2D eigenvalue weighted by atomic mass is 16.5. The van der Waals surface area contributed by atoms with Gasteiger partial charge in [0.2, 0.25) is 5.91 Å². The Hall–Kier alpha value is -3.55. The molecule has 0 radical (unpaired) electrons. The second kappa shape index (κ2) is 9.78. The lowest BCUT2D eigenvalue weighted by Gasteiger charge is -2.09. The van der Waals surface area contributed by atoms with Crippen LogP contribution in [0.15, 0.2) is 53.3 Å². The van der Waals surface area contributed by atoms with Crippen LogP contribution in [-0.2, 0) is 17.9 Å². The van der Waals surface area contributed by atoms with Crippen LogP contribution in [0.1, 0.15) is 37.0 Å². The quantitative estimate of drug-likeness (QED) is 0.558. The molecule has 3 aromatic rings. The normalized spacial score (nSPS) is 10.7. The van der Waals surface area contributed by atoms with E-state index in [2.05, 4.69) is 10.9 Å². The van der Waals surface area contributed by atoms with Crippen molar-refractivity contribution in [3.05, 3.63) is 64.6 Å². The van der Waals surface area contributed by atoms with Gasteiger partial charge >= 0.3 is 5.69 Å². The zero-order valence-corrected chi connectivity index (χ0v) is 17.2. The van der Waals surface area contributed by atoms with E-state index in [1.54, 1.807) is 33.4 Å². The predicted molar refractivity (Wildman–Crippen MR) is 114 cm³/mol. The first-order valence-electron chi connectivity index (χ1n) is 10.0. The molecule has 0 unspecified atom stereocenters. The van der Waals surface area contributed by atoms with Gasteiger partial charge in [-0.05, 0) is 49.7 Å². The third kappa shape index (κ3) is 4.71. The van der Waals surface area contributed by atoms with E-state index in [0.29, 0.717) is 24.5 Å². The number of para-hydroxylation sites is 2. The van der Waals surface area contributed by atoms with E-state index in [-0.39, 0.29) is 24.6 Å². The lowest BCUT2D eigenvalue weighted by Crippen LogP contribution is -2.42. The van der Waals surface area contributed by atoms with Crippen molar-refractivity contribution >= 4 is 22.8 Å². The second-order valence-corrected chi connectivity index (χ2v) is 6.78. The van der Waals surface area contributed by atoms with Crippen LogP contribution < -0.4 is 21.3 Å². The van der Waals surface area contributed by atoms with Crippen molar-refractivity contribution < 1.29 is 14.3 Å². The summed E-state index contributed by atoms with van der Waals surface area (Å²) >= 11 is 0. The Bertz CT molecular complexity index is 1080. The van der Waals surface area contributed by atoms with Gasteiger partial charge in [0.05, 0.1) is 17.6 Å². The predicted octanol–water partition coefficient (Wildman–Crippen LogP) is 2.46. The molecule has 1 aromatic heterocycles. The number of amides is 2. The van der Waals surface area contributed by atoms with E-state index in [4.69, 9.17) is 4.74 Å². The summed E-state index contributed by atoms with van der Waals surface area (Å²) in [6.45, 7) is 5.28. The number of carbonyl (C=O) groups excluding carboxylic acids is 2. The highest BCUT2D eigenvalue weighted by Crippen LogP contribution is 2.14. The summed E-state index contributed by atoms with van der Waals surface area (Å²) in [4.78, 5) is 37.1. The number of nitrogens with zero attached hydrogens (tertiary/aromatic N) is 2. The van der Waals surface area contributed by atoms with Crippen LogP contribution in [0, 0.1) is 0 Å². The summed E-state index contributed by atoms with van der Waals surface area (Å²) in [5.41, 5.74) is 6.70. The number of aromatic nitrogens is 2. The van der Waals surface area contributed by atoms with Gasteiger partial charge in [-0.15, -0.1) is 0 Å². The van der Waals surface area contributed by atoms with E-state index in [1.165, 1.54) is 0 Å². The van der Waals surface area contributed by atoms with Crippen LogP contribution in [-0.4, -0.2) is 27.6 Å². The minimum absolute atomic E-state index is 0.0591. The maximum atomic E-state index is 12.7. The SMILES string of the molecule is CCCn1c(=O)n(CCC(=O)NNC(=O)c2ccc(OCC)cc2)c2ccccc21. The number of nitrogens with one attached hydrogen (secondary N) is 2. The van der Waals surface area contributed by atoms with Crippen molar-refractivity contribution in [1.82, 2.24) is 20.0 Å². The lowest BCUT2D eigenvalue weighted by molar-refractivity contribution is -0.122. The van der Waals surface area contributed by atoms with Gasteiger partial charge < -0.3 is 4.74 Å². The van der Waals surface area contributed by atoms with E-state index >= 15 is 0 Å². The molecule has 3 rings (SSSR count). The number of aryl methyl sites for hydroxylation is 2. The number of carbonyl (C=O) groups is 2. The molecular formula is C22H26N4O4.